The van der Waals surface area contributed by atoms with E-state index in [1.807, 2.05) is 13.0 Å². The lowest BCUT2D eigenvalue weighted by Crippen LogP contribution is -2.26. The van der Waals surface area contributed by atoms with E-state index in [1.54, 1.807) is 30.3 Å². The van der Waals surface area contributed by atoms with Gasteiger partial charge in [-0.2, -0.15) is 4.98 Å². The average Bonchev–Trinajstić information content (AvgIpc) is 2.67. The molecule has 0 bridgehead atoms. The molecule has 0 saturated heterocycles. The quantitative estimate of drug-likeness (QED) is 0.532. The Morgan fingerprint density at radius 3 is 2.72 bits per heavy atom. The highest BCUT2D eigenvalue weighted by Gasteiger charge is 2.18. The van der Waals surface area contributed by atoms with Crippen LogP contribution in [0.2, 0.25) is 5.02 Å². The van der Waals surface area contributed by atoms with Crippen molar-refractivity contribution in [3.05, 3.63) is 81.7 Å². The summed E-state index contributed by atoms with van der Waals surface area (Å²) in [5.74, 6) is -0.123. The highest BCUT2D eigenvalue weighted by atomic mass is 35.5. The van der Waals surface area contributed by atoms with E-state index in [0.717, 1.165) is 0 Å². The minimum atomic E-state index is -0.453. The first kappa shape index (κ1) is 18.8. The average molecular weight is 411 g/mol. The third kappa shape index (κ3) is 3.62. The van der Waals surface area contributed by atoms with E-state index in [4.69, 9.17) is 17.3 Å². The molecule has 2 aromatic heterocycles. The monoisotopic (exact) mass is 410 g/mol. The Kier molecular flexibility index (Phi) is 4.85. The molecule has 0 spiro atoms. The number of hydrogen-bond donors (Lipinski definition) is 2. The summed E-state index contributed by atoms with van der Waals surface area (Å²) in [4.78, 5) is 25.2. The van der Waals surface area contributed by atoms with Crippen molar-refractivity contribution in [3.8, 4) is 5.69 Å². The van der Waals surface area contributed by atoms with Crippen molar-refractivity contribution >= 4 is 34.3 Å². The van der Waals surface area contributed by atoms with Gasteiger partial charge in [-0.25, -0.2) is 14.4 Å². The predicted octanol–water partition coefficient (Wildman–Crippen LogP) is 3.72. The molecule has 4 aromatic rings. The summed E-state index contributed by atoms with van der Waals surface area (Å²) in [6.07, 6.45) is 1.29. The van der Waals surface area contributed by atoms with Gasteiger partial charge >= 0.3 is 0 Å². The van der Waals surface area contributed by atoms with Crippen LogP contribution < -0.4 is 16.6 Å². The standard InChI is InChI=1S/C20H16ClFN6O/c1-11(26-20-25-10-24-19(23)27-20)16-8-12-4-2-7-15(21)17(12)18(29)28(16)14-6-3-5-13(22)9-14/h2-11H,1H3,(H3,23,24,25,26,27). The van der Waals surface area contributed by atoms with Crippen LogP contribution in [0.3, 0.4) is 0 Å². The number of nitrogens with two attached hydrogens (primary N) is 1. The minimum Gasteiger partial charge on any atom is -0.368 e. The smallest absolute Gasteiger partial charge is 0.264 e. The van der Waals surface area contributed by atoms with Gasteiger partial charge < -0.3 is 11.1 Å². The Hall–Kier alpha value is -3.52. The van der Waals surface area contributed by atoms with Crippen LogP contribution in [0.4, 0.5) is 16.3 Å². The van der Waals surface area contributed by atoms with Crippen molar-refractivity contribution < 1.29 is 4.39 Å². The van der Waals surface area contributed by atoms with Gasteiger partial charge in [0.25, 0.3) is 5.56 Å². The van der Waals surface area contributed by atoms with Gasteiger partial charge in [-0.15, -0.1) is 0 Å². The maximum Gasteiger partial charge on any atom is 0.264 e. The number of aromatic nitrogens is 4. The molecule has 7 nitrogen and oxygen atoms in total. The van der Waals surface area contributed by atoms with Gasteiger partial charge in [0.1, 0.15) is 12.1 Å². The molecule has 2 aromatic carbocycles. The molecular formula is C20H16ClFN6O. The van der Waals surface area contributed by atoms with Crippen LogP contribution in [0.15, 0.2) is 59.7 Å². The molecule has 1 unspecified atom stereocenters. The van der Waals surface area contributed by atoms with E-state index >= 15 is 0 Å². The summed E-state index contributed by atoms with van der Waals surface area (Å²) in [7, 11) is 0. The number of benzene rings is 2. The molecule has 0 saturated carbocycles. The zero-order valence-electron chi connectivity index (χ0n) is 15.3. The van der Waals surface area contributed by atoms with E-state index in [0.29, 0.717) is 27.2 Å². The number of hydrogen-bond acceptors (Lipinski definition) is 6. The second-order valence-corrected chi connectivity index (χ2v) is 6.83. The molecule has 9 heteroatoms. The fourth-order valence-electron chi connectivity index (χ4n) is 3.19. The van der Waals surface area contributed by atoms with E-state index < -0.39 is 11.9 Å². The topological polar surface area (TPSA) is 98.7 Å². The molecule has 0 fully saturated rings. The second kappa shape index (κ2) is 7.48. The van der Waals surface area contributed by atoms with Crippen molar-refractivity contribution in [2.45, 2.75) is 13.0 Å². The molecule has 2 heterocycles. The third-order valence-electron chi connectivity index (χ3n) is 4.47. The summed E-state index contributed by atoms with van der Waals surface area (Å²) >= 11 is 6.29. The number of rotatable bonds is 4. The SMILES string of the molecule is CC(Nc1ncnc(N)n1)c1cc2cccc(Cl)c2c(=O)n1-c1cccc(F)c1. The van der Waals surface area contributed by atoms with Gasteiger partial charge in [-0.3, -0.25) is 9.36 Å². The number of anilines is 2. The lowest BCUT2D eigenvalue weighted by atomic mass is 10.1. The van der Waals surface area contributed by atoms with Crippen LogP contribution >= 0.6 is 11.6 Å². The second-order valence-electron chi connectivity index (χ2n) is 6.43. The Morgan fingerprint density at radius 1 is 1.17 bits per heavy atom. The Labute approximate surface area is 170 Å². The number of halogens is 2. The summed E-state index contributed by atoms with van der Waals surface area (Å²) in [6.45, 7) is 1.83. The van der Waals surface area contributed by atoms with Crippen molar-refractivity contribution in [2.24, 2.45) is 0 Å². The first-order chi connectivity index (χ1) is 13.9. The predicted molar refractivity (Wildman–Crippen MR) is 111 cm³/mol. The first-order valence-corrected chi connectivity index (χ1v) is 9.13. The van der Waals surface area contributed by atoms with E-state index in [1.165, 1.54) is 23.0 Å². The highest BCUT2D eigenvalue weighted by molar-refractivity contribution is 6.35. The number of nitrogens with zero attached hydrogens (tertiary/aromatic N) is 4. The van der Waals surface area contributed by atoms with Gasteiger partial charge in [0.2, 0.25) is 11.9 Å². The molecule has 0 radical (unpaired) electrons. The van der Waals surface area contributed by atoms with Crippen LogP contribution in [0.1, 0.15) is 18.7 Å². The van der Waals surface area contributed by atoms with Crippen LogP contribution in [0.25, 0.3) is 16.5 Å². The van der Waals surface area contributed by atoms with Crippen molar-refractivity contribution in [3.63, 3.8) is 0 Å². The van der Waals surface area contributed by atoms with E-state index in [9.17, 15) is 9.18 Å². The van der Waals surface area contributed by atoms with Gasteiger partial charge in [-0.1, -0.05) is 29.8 Å². The number of pyridine rings is 1. The number of fused-ring (bicyclic) bond motifs is 1. The van der Waals surface area contributed by atoms with Crippen molar-refractivity contribution in [1.82, 2.24) is 19.5 Å². The lowest BCUT2D eigenvalue weighted by Gasteiger charge is -2.21. The zero-order chi connectivity index (χ0) is 20.5. The fourth-order valence-corrected chi connectivity index (χ4v) is 3.45. The molecule has 3 N–H and O–H groups in total. The highest BCUT2D eigenvalue weighted by Crippen LogP contribution is 2.26. The minimum absolute atomic E-state index is 0.0718. The molecule has 4 rings (SSSR count). The molecule has 0 aliphatic rings. The fraction of sp³-hybridized carbons (Fsp3) is 0.100. The van der Waals surface area contributed by atoms with Gasteiger partial charge in [-0.05, 0) is 42.6 Å². The molecule has 1 atom stereocenters. The molecule has 146 valence electrons. The Bertz CT molecular complexity index is 1280. The summed E-state index contributed by atoms with van der Waals surface area (Å²) < 4.78 is 15.3. The van der Waals surface area contributed by atoms with Crippen LogP contribution in [0, 0.1) is 5.82 Å². The van der Waals surface area contributed by atoms with Gasteiger partial charge in [0, 0.05) is 5.69 Å². The first-order valence-electron chi connectivity index (χ1n) is 8.75. The molecule has 0 amide bonds. The van der Waals surface area contributed by atoms with Crippen molar-refractivity contribution in [1.29, 1.82) is 0 Å². The van der Waals surface area contributed by atoms with Crippen molar-refractivity contribution in [2.75, 3.05) is 11.1 Å². The third-order valence-corrected chi connectivity index (χ3v) is 4.79. The van der Waals surface area contributed by atoms with Crippen LogP contribution in [-0.4, -0.2) is 19.5 Å². The summed E-state index contributed by atoms with van der Waals surface area (Å²) in [6, 6.07) is 12.4. The number of nitrogen functional groups attached to an aromatic ring is 1. The largest absolute Gasteiger partial charge is 0.368 e. The van der Waals surface area contributed by atoms with Crippen LogP contribution in [0.5, 0.6) is 0 Å². The molecule has 0 aliphatic heterocycles. The van der Waals surface area contributed by atoms with Crippen LogP contribution in [-0.2, 0) is 0 Å². The molecular weight excluding hydrogens is 395 g/mol. The maximum absolute atomic E-state index is 13.9. The Balaban J connectivity index is 1.94. The summed E-state index contributed by atoms with van der Waals surface area (Å²) in [5, 5.41) is 4.47. The normalized spacial score (nSPS) is 12.1. The zero-order valence-corrected chi connectivity index (χ0v) is 16.1. The van der Waals surface area contributed by atoms with E-state index in [-0.39, 0.29) is 17.5 Å². The lowest BCUT2D eigenvalue weighted by molar-refractivity contribution is 0.625. The van der Waals surface area contributed by atoms with Gasteiger partial charge in [0.15, 0.2) is 0 Å². The molecule has 0 aliphatic carbocycles. The van der Waals surface area contributed by atoms with Gasteiger partial charge in [0.05, 0.1) is 22.1 Å². The molecule has 29 heavy (non-hydrogen) atoms. The number of nitrogens with one attached hydrogen (secondary N) is 1. The maximum atomic E-state index is 13.9. The van der Waals surface area contributed by atoms with E-state index in [2.05, 4.69) is 20.3 Å². The summed E-state index contributed by atoms with van der Waals surface area (Å²) in [5.41, 5.74) is 6.23. The Morgan fingerprint density at radius 2 is 1.97 bits per heavy atom.